The van der Waals surface area contributed by atoms with Crippen molar-refractivity contribution in [2.75, 3.05) is 47.5 Å². The topological polar surface area (TPSA) is 108 Å². The van der Waals surface area contributed by atoms with Gasteiger partial charge >= 0.3 is 19.8 Å². The Bertz CT molecular complexity index is 1590. The lowest BCUT2D eigenvalue weighted by Gasteiger charge is -2.24. The Morgan fingerprint density at radius 1 is 0.410 bits per heavy atom. The molecule has 0 aromatic heterocycles. The summed E-state index contributed by atoms with van der Waals surface area (Å²) in [5.41, 5.74) is 0. The van der Waals surface area contributed by atoms with Gasteiger partial charge in [-0.15, -0.1) is 0 Å². The molecule has 0 heterocycles. The summed E-state index contributed by atoms with van der Waals surface area (Å²) >= 11 is 0. The highest BCUT2D eigenvalue weighted by molar-refractivity contribution is 7.47. The average Bonchev–Trinajstić information content (AvgIpc) is 3.41. The number of ether oxygens (including phenoxy) is 2. The molecule has 0 radical (unpaired) electrons. The van der Waals surface area contributed by atoms with Crippen molar-refractivity contribution in [3.05, 3.63) is 85.1 Å². The van der Waals surface area contributed by atoms with Gasteiger partial charge in [0.2, 0.25) is 0 Å². The van der Waals surface area contributed by atoms with Crippen LogP contribution in [-0.2, 0) is 32.7 Å². The predicted molar refractivity (Wildman–Crippen MR) is 335 cm³/mol. The van der Waals surface area contributed by atoms with E-state index in [-0.39, 0.29) is 32.0 Å². The van der Waals surface area contributed by atoms with Crippen LogP contribution in [0.1, 0.15) is 284 Å². The Hall–Kier alpha value is -2.81. The number of likely N-dealkylation sites (N-methyl/N-ethyl adjacent to an activating group) is 1. The molecular weight excluding hydrogens is 990 g/mol. The quantitative estimate of drug-likeness (QED) is 0.0211. The van der Waals surface area contributed by atoms with Gasteiger partial charge in [-0.1, -0.05) is 266 Å². The number of allylic oxidation sites excluding steroid dienone is 14. The number of phosphoric ester groups is 1. The Labute approximate surface area is 481 Å². The van der Waals surface area contributed by atoms with E-state index in [0.717, 1.165) is 83.5 Å². The lowest BCUT2D eigenvalue weighted by atomic mass is 10.0. The molecule has 0 saturated heterocycles. The van der Waals surface area contributed by atoms with Gasteiger partial charge in [-0.3, -0.25) is 18.6 Å². The number of esters is 2. The van der Waals surface area contributed by atoms with Crippen LogP contribution in [-0.4, -0.2) is 74.9 Å². The molecular formula is C68H123NO8P+. The number of hydrogen-bond acceptors (Lipinski definition) is 7. The first-order valence-electron chi connectivity index (χ1n) is 32.3. The number of unbranched alkanes of at least 4 members (excludes halogenated alkanes) is 31. The van der Waals surface area contributed by atoms with Gasteiger partial charge in [0.1, 0.15) is 19.8 Å². The smallest absolute Gasteiger partial charge is 0.462 e. The second-order valence-corrected chi connectivity index (χ2v) is 24.2. The highest BCUT2D eigenvalue weighted by atomic mass is 31.2. The molecule has 9 nitrogen and oxygen atoms in total. The summed E-state index contributed by atoms with van der Waals surface area (Å²) < 4.78 is 34.6. The molecule has 0 saturated carbocycles. The lowest BCUT2D eigenvalue weighted by Crippen LogP contribution is -2.37. The number of phosphoric acid groups is 1. The molecule has 10 heteroatoms. The maximum absolute atomic E-state index is 12.8. The molecule has 2 atom stereocenters. The standard InChI is InChI=1S/C68H122NO8P/c1-6-8-10-12-14-16-18-20-22-24-26-27-28-29-30-31-32-33-34-35-36-37-38-39-40-41-43-45-47-49-51-53-55-57-59-61-68(71)77-66(65-76-78(72,73)75-63-62-69(3,4)5)64-74-67(70)60-58-56-54-52-50-48-46-44-42-25-23-21-19-17-15-13-11-9-7-2/h8,10,14-17,20-23,26-27,42,44,66H,6-7,9,11-13,18-19,24-25,28-41,43,45-65H2,1-5H3/p+1/b10-8-,16-14-,17-15-,22-20-,23-21-,27-26-,44-42-. The van der Waals surface area contributed by atoms with Crippen LogP contribution < -0.4 is 0 Å². The van der Waals surface area contributed by atoms with Gasteiger partial charge in [0.25, 0.3) is 0 Å². The summed E-state index contributed by atoms with van der Waals surface area (Å²) in [6.07, 6.45) is 79.6. The van der Waals surface area contributed by atoms with Crippen molar-refractivity contribution in [2.24, 2.45) is 0 Å². The molecule has 2 unspecified atom stereocenters. The van der Waals surface area contributed by atoms with E-state index < -0.39 is 26.5 Å². The largest absolute Gasteiger partial charge is 0.472 e. The van der Waals surface area contributed by atoms with Crippen LogP contribution in [0.4, 0.5) is 0 Å². The van der Waals surface area contributed by atoms with E-state index in [4.69, 9.17) is 18.5 Å². The fourth-order valence-electron chi connectivity index (χ4n) is 8.96. The predicted octanol–water partition coefficient (Wildman–Crippen LogP) is 20.6. The van der Waals surface area contributed by atoms with Gasteiger partial charge in [0.05, 0.1) is 27.7 Å². The molecule has 0 fully saturated rings. The van der Waals surface area contributed by atoms with Crippen LogP contribution in [0.15, 0.2) is 85.1 Å². The van der Waals surface area contributed by atoms with Crippen LogP contribution in [0.25, 0.3) is 0 Å². The van der Waals surface area contributed by atoms with Crippen molar-refractivity contribution in [3.8, 4) is 0 Å². The van der Waals surface area contributed by atoms with Gasteiger partial charge in [0.15, 0.2) is 6.10 Å². The average molecular weight is 1110 g/mol. The zero-order chi connectivity index (χ0) is 57.0. The Kier molecular flexibility index (Phi) is 56.7. The highest BCUT2D eigenvalue weighted by Gasteiger charge is 2.27. The molecule has 0 aliphatic heterocycles. The maximum atomic E-state index is 12.8. The Morgan fingerprint density at radius 2 is 0.731 bits per heavy atom. The third-order valence-corrected chi connectivity index (χ3v) is 14.9. The van der Waals surface area contributed by atoms with E-state index in [1.165, 1.54) is 167 Å². The number of carbonyl (C=O) groups is 2. The second-order valence-electron chi connectivity index (χ2n) is 22.8. The van der Waals surface area contributed by atoms with Gasteiger partial charge in [-0.2, -0.15) is 0 Å². The van der Waals surface area contributed by atoms with Crippen molar-refractivity contribution < 1.29 is 42.1 Å². The van der Waals surface area contributed by atoms with Crippen molar-refractivity contribution in [3.63, 3.8) is 0 Å². The second kappa shape index (κ2) is 58.8. The fourth-order valence-corrected chi connectivity index (χ4v) is 9.70. The van der Waals surface area contributed by atoms with E-state index in [1.807, 2.05) is 21.1 Å². The monoisotopic (exact) mass is 1110 g/mol. The first kappa shape index (κ1) is 75.2. The summed E-state index contributed by atoms with van der Waals surface area (Å²) in [6.45, 7) is 4.30. The minimum absolute atomic E-state index is 0.0280. The molecule has 0 aliphatic rings. The SMILES string of the molecule is CC/C=C\C/C=C\C/C=C\C/C=C\CCCCCCCCCCCCCCCCCCCCCCCCC(=O)OC(COC(=O)CCCCCCCC/C=C\C/C=C\C/C=C\CCCCC)COP(=O)(O)OCC[N+](C)(C)C. The lowest BCUT2D eigenvalue weighted by molar-refractivity contribution is -0.870. The van der Waals surface area contributed by atoms with E-state index in [0.29, 0.717) is 17.4 Å². The molecule has 0 rings (SSSR count). The zero-order valence-electron chi connectivity index (χ0n) is 51.4. The molecule has 0 aromatic rings. The minimum Gasteiger partial charge on any atom is -0.462 e. The molecule has 0 bridgehead atoms. The van der Waals surface area contributed by atoms with Crippen molar-refractivity contribution in [1.29, 1.82) is 0 Å². The molecule has 452 valence electrons. The molecule has 0 aromatic carbocycles. The summed E-state index contributed by atoms with van der Waals surface area (Å²) in [6, 6.07) is 0. The van der Waals surface area contributed by atoms with E-state index in [2.05, 4.69) is 98.9 Å². The summed E-state index contributed by atoms with van der Waals surface area (Å²) in [5.74, 6) is -0.804. The Balaban J connectivity index is 4.02. The number of quaternary nitrogens is 1. The van der Waals surface area contributed by atoms with E-state index in [1.54, 1.807) is 0 Å². The van der Waals surface area contributed by atoms with Crippen LogP contribution in [0.3, 0.4) is 0 Å². The van der Waals surface area contributed by atoms with Crippen LogP contribution in [0, 0.1) is 0 Å². The van der Waals surface area contributed by atoms with Gasteiger partial charge < -0.3 is 18.9 Å². The van der Waals surface area contributed by atoms with E-state index in [9.17, 15) is 19.0 Å². The number of carbonyl (C=O) groups excluding carboxylic acids is 2. The van der Waals surface area contributed by atoms with Gasteiger partial charge in [-0.25, -0.2) is 4.57 Å². The molecule has 1 N–H and O–H groups in total. The minimum atomic E-state index is -4.39. The van der Waals surface area contributed by atoms with E-state index >= 15 is 0 Å². The van der Waals surface area contributed by atoms with Crippen LogP contribution >= 0.6 is 7.82 Å². The third kappa shape index (κ3) is 62.4. The van der Waals surface area contributed by atoms with Gasteiger partial charge in [-0.05, 0) is 89.9 Å². The van der Waals surface area contributed by atoms with Crippen molar-refractivity contribution >= 4 is 19.8 Å². The summed E-state index contributed by atoms with van der Waals surface area (Å²) in [5, 5.41) is 0. The van der Waals surface area contributed by atoms with Crippen molar-refractivity contribution in [1.82, 2.24) is 0 Å². The first-order valence-corrected chi connectivity index (χ1v) is 33.8. The number of rotatable bonds is 59. The fraction of sp³-hybridized carbons (Fsp3) is 0.765. The van der Waals surface area contributed by atoms with Crippen molar-refractivity contribution in [2.45, 2.75) is 290 Å². The zero-order valence-corrected chi connectivity index (χ0v) is 52.3. The molecule has 0 spiro atoms. The summed E-state index contributed by atoms with van der Waals surface area (Å²) in [4.78, 5) is 35.8. The highest BCUT2D eigenvalue weighted by Crippen LogP contribution is 2.43. The number of nitrogens with zero attached hydrogens (tertiary/aromatic N) is 1. The van der Waals surface area contributed by atoms with Gasteiger partial charge in [0, 0.05) is 12.8 Å². The molecule has 78 heavy (non-hydrogen) atoms. The normalized spacial score (nSPS) is 13.8. The van der Waals surface area contributed by atoms with Crippen LogP contribution in [0.2, 0.25) is 0 Å². The molecule has 0 aliphatic carbocycles. The summed E-state index contributed by atoms with van der Waals surface area (Å²) in [7, 11) is 1.47. The first-order chi connectivity index (χ1) is 38.0. The number of hydrogen-bond donors (Lipinski definition) is 1. The Morgan fingerprint density at radius 3 is 1.09 bits per heavy atom. The van der Waals surface area contributed by atoms with Crippen LogP contribution in [0.5, 0.6) is 0 Å². The maximum Gasteiger partial charge on any atom is 0.472 e. The molecule has 0 amide bonds. The third-order valence-electron chi connectivity index (χ3n) is 13.9.